The summed E-state index contributed by atoms with van der Waals surface area (Å²) in [7, 11) is 0. The normalized spacial score (nSPS) is 11.1. The molecule has 2 heteroatoms. The summed E-state index contributed by atoms with van der Waals surface area (Å²) in [5.74, 6) is 0. The molecule has 0 N–H and O–H groups in total. The Morgan fingerprint density at radius 2 is 0.419 bits per heavy atom. The summed E-state index contributed by atoms with van der Waals surface area (Å²) in [5, 5.41) is 0. The van der Waals surface area contributed by atoms with Crippen LogP contribution in [0.25, 0.3) is 44.5 Å². The lowest BCUT2D eigenvalue weighted by atomic mass is 9.98. The Morgan fingerprint density at radius 1 is 0.226 bits per heavy atom. The molecule has 0 bridgehead atoms. The van der Waals surface area contributed by atoms with E-state index >= 15 is 0 Å². The van der Waals surface area contributed by atoms with Crippen LogP contribution in [0.4, 0.5) is 34.1 Å². The molecule has 62 heavy (non-hydrogen) atoms. The standard InChI is InChI=1S/C60H52N2/c1-41-37-43(3)59(44(4)38-41)61(55-29-21-51(22-30-55)47-13-9-7-10-14-47)57-33-25-53(26-34-57)49-17-19-50(20-18-49)54-27-35-58(36-28-54)62(60-45(5)39-42(2)40-46(60)6)56-31-23-52(24-32-56)48-15-11-8-12-16-48/h7-40H,1-6H3. The Kier molecular flexibility index (Phi) is 11.2. The monoisotopic (exact) mass is 800 g/mol. The quantitative estimate of drug-likeness (QED) is 0.136. The largest absolute Gasteiger partial charge is 0.310 e. The van der Waals surface area contributed by atoms with Gasteiger partial charge in [-0.05, 0) is 157 Å². The molecule has 9 aromatic carbocycles. The van der Waals surface area contributed by atoms with Crippen LogP contribution < -0.4 is 9.80 Å². The van der Waals surface area contributed by atoms with E-state index in [1.54, 1.807) is 0 Å². The van der Waals surface area contributed by atoms with Gasteiger partial charge in [0.25, 0.3) is 0 Å². The van der Waals surface area contributed by atoms with Crippen molar-refractivity contribution in [3.05, 3.63) is 240 Å². The van der Waals surface area contributed by atoms with Gasteiger partial charge in [-0.1, -0.05) is 169 Å². The fourth-order valence-corrected chi connectivity index (χ4v) is 9.19. The van der Waals surface area contributed by atoms with Crippen LogP contribution in [-0.4, -0.2) is 0 Å². The Morgan fingerprint density at radius 3 is 0.645 bits per heavy atom. The minimum Gasteiger partial charge on any atom is -0.310 e. The number of nitrogens with zero attached hydrogens (tertiary/aromatic N) is 2. The first-order chi connectivity index (χ1) is 30.2. The van der Waals surface area contributed by atoms with Crippen LogP contribution in [-0.2, 0) is 0 Å². The number of rotatable bonds is 10. The predicted octanol–water partition coefficient (Wildman–Crippen LogP) is 17.1. The van der Waals surface area contributed by atoms with Crippen LogP contribution in [0.3, 0.4) is 0 Å². The number of anilines is 6. The van der Waals surface area contributed by atoms with Gasteiger partial charge in [-0.25, -0.2) is 0 Å². The van der Waals surface area contributed by atoms with Gasteiger partial charge in [0.05, 0.1) is 11.4 Å². The predicted molar refractivity (Wildman–Crippen MR) is 266 cm³/mol. The average molecular weight is 801 g/mol. The van der Waals surface area contributed by atoms with Crippen LogP contribution in [0.5, 0.6) is 0 Å². The van der Waals surface area contributed by atoms with E-state index in [1.165, 1.54) is 89.3 Å². The van der Waals surface area contributed by atoms with Crippen LogP contribution >= 0.6 is 0 Å². The number of hydrogen-bond donors (Lipinski definition) is 0. The van der Waals surface area contributed by atoms with E-state index in [0.717, 1.165) is 22.7 Å². The number of aryl methyl sites for hydroxylation is 6. The molecule has 9 rings (SSSR count). The molecule has 0 saturated carbocycles. The highest BCUT2D eigenvalue weighted by atomic mass is 15.2. The molecule has 0 aliphatic heterocycles. The highest BCUT2D eigenvalue weighted by Gasteiger charge is 2.20. The van der Waals surface area contributed by atoms with Gasteiger partial charge >= 0.3 is 0 Å². The molecule has 0 aromatic heterocycles. The molecular formula is C60H52N2. The molecule has 0 aliphatic rings. The molecule has 2 nitrogen and oxygen atoms in total. The van der Waals surface area contributed by atoms with Gasteiger partial charge < -0.3 is 9.80 Å². The molecule has 0 unspecified atom stereocenters. The van der Waals surface area contributed by atoms with Gasteiger partial charge in [0, 0.05) is 22.7 Å². The van der Waals surface area contributed by atoms with Gasteiger partial charge in [-0.3, -0.25) is 0 Å². The van der Waals surface area contributed by atoms with Gasteiger partial charge in [0.2, 0.25) is 0 Å². The first-order valence-electron chi connectivity index (χ1n) is 21.6. The van der Waals surface area contributed by atoms with Gasteiger partial charge in [-0.15, -0.1) is 0 Å². The third-order valence-electron chi connectivity index (χ3n) is 12.0. The fourth-order valence-electron chi connectivity index (χ4n) is 9.19. The van der Waals surface area contributed by atoms with E-state index in [2.05, 4.69) is 258 Å². The summed E-state index contributed by atoms with van der Waals surface area (Å²) in [6, 6.07) is 75.2. The SMILES string of the molecule is Cc1cc(C)c(N(c2ccc(-c3ccccc3)cc2)c2ccc(-c3ccc(-c4ccc(N(c5ccc(-c6ccccc6)cc5)c5c(C)cc(C)cc5C)cc4)cc3)cc2)c(C)c1. The molecule has 0 amide bonds. The van der Waals surface area contributed by atoms with Crippen molar-refractivity contribution in [3.63, 3.8) is 0 Å². The maximum atomic E-state index is 2.40. The van der Waals surface area contributed by atoms with E-state index in [1.807, 2.05) is 0 Å². The Labute approximate surface area is 368 Å². The summed E-state index contributed by atoms with van der Waals surface area (Å²) < 4.78 is 0. The fraction of sp³-hybridized carbons (Fsp3) is 0.100. The van der Waals surface area contributed by atoms with Gasteiger partial charge in [-0.2, -0.15) is 0 Å². The second-order valence-corrected chi connectivity index (χ2v) is 16.7. The summed E-state index contributed by atoms with van der Waals surface area (Å²) >= 11 is 0. The lowest BCUT2D eigenvalue weighted by molar-refractivity contribution is 1.20. The van der Waals surface area contributed by atoms with E-state index < -0.39 is 0 Å². The zero-order valence-corrected chi connectivity index (χ0v) is 36.5. The zero-order chi connectivity index (χ0) is 42.7. The molecule has 9 aromatic rings. The third kappa shape index (κ3) is 8.20. The van der Waals surface area contributed by atoms with Crippen molar-refractivity contribution in [1.82, 2.24) is 0 Å². The Bertz CT molecular complexity index is 2690. The molecule has 0 atom stereocenters. The van der Waals surface area contributed by atoms with E-state index in [9.17, 15) is 0 Å². The molecule has 0 fully saturated rings. The topological polar surface area (TPSA) is 6.48 Å². The lowest BCUT2D eigenvalue weighted by Gasteiger charge is -2.29. The summed E-state index contributed by atoms with van der Waals surface area (Å²) in [6.07, 6.45) is 0. The zero-order valence-electron chi connectivity index (χ0n) is 36.5. The third-order valence-corrected chi connectivity index (χ3v) is 12.0. The Hall–Kier alpha value is -7.42. The van der Waals surface area contributed by atoms with Crippen molar-refractivity contribution < 1.29 is 0 Å². The van der Waals surface area contributed by atoms with Crippen molar-refractivity contribution in [1.29, 1.82) is 0 Å². The smallest absolute Gasteiger partial charge is 0.0520 e. The van der Waals surface area contributed by atoms with Gasteiger partial charge in [0.1, 0.15) is 0 Å². The van der Waals surface area contributed by atoms with E-state index in [4.69, 9.17) is 0 Å². The first kappa shape index (κ1) is 40.0. The van der Waals surface area contributed by atoms with Crippen LogP contribution in [0, 0.1) is 41.5 Å². The van der Waals surface area contributed by atoms with Crippen molar-refractivity contribution >= 4 is 34.1 Å². The average Bonchev–Trinajstić information content (AvgIpc) is 3.30. The van der Waals surface area contributed by atoms with Crippen LogP contribution in [0.2, 0.25) is 0 Å². The first-order valence-corrected chi connectivity index (χ1v) is 21.6. The molecule has 0 heterocycles. The minimum absolute atomic E-state index is 1.13. The lowest BCUT2D eigenvalue weighted by Crippen LogP contribution is -2.13. The maximum Gasteiger partial charge on any atom is 0.0520 e. The van der Waals surface area contributed by atoms with E-state index in [0.29, 0.717) is 0 Å². The second-order valence-electron chi connectivity index (χ2n) is 16.7. The minimum atomic E-state index is 1.13. The molecule has 0 saturated heterocycles. The van der Waals surface area contributed by atoms with Crippen molar-refractivity contribution in [2.75, 3.05) is 9.80 Å². The van der Waals surface area contributed by atoms with E-state index in [-0.39, 0.29) is 0 Å². The van der Waals surface area contributed by atoms with Gasteiger partial charge in [0.15, 0.2) is 0 Å². The molecule has 0 aliphatic carbocycles. The molecule has 0 spiro atoms. The van der Waals surface area contributed by atoms with Crippen molar-refractivity contribution in [2.24, 2.45) is 0 Å². The van der Waals surface area contributed by atoms with Crippen molar-refractivity contribution in [3.8, 4) is 44.5 Å². The maximum absolute atomic E-state index is 2.40. The van der Waals surface area contributed by atoms with Crippen molar-refractivity contribution in [2.45, 2.75) is 41.5 Å². The summed E-state index contributed by atoms with van der Waals surface area (Å²) in [4.78, 5) is 4.80. The molecule has 302 valence electrons. The highest BCUT2D eigenvalue weighted by Crippen LogP contribution is 2.42. The Balaban J connectivity index is 0.989. The number of benzene rings is 9. The molecule has 0 radical (unpaired) electrons. The summed E-state index contributed by atoms with van der Waals surface area (Å²) in [6.45, 7) is 13.2. The highest BCUT2D eigenvalue weighted by molar-refractivity contribution is 5.85. The molecular weight excluding hydrogens is 749 g/mol. The van der Waals surface area contributed by atoms with Crippen LogP contribution in [0.15, 0.2) is 206 Å². The van der Waals surface area contributed by atoms with Crippen LogP contribution in [0.1, 0.15) is 33.4 Å². The number of hydrogen-bond acceptors (Lipinski definition) is 2. The summed E-state index contributed by atoms with van der Waals surface area (Å²) in [5.41, 5.74) is 24.2. The second kappa shape index (κ2) is 17.3.